The quantitative estimate of drug-likeness (QED) is 0.590. The summed E-state index contributed by atoms with van der Waals surface area (Å²) in [7, 11) is 1.65. The van der Waals surface area contributed by atoms with E-state index in [9.17, 15) is 4.91 Å². The lowest BCUT2D eigenvalue weighted by Gasteiger charge is -2.21. The summed E-state index contributed by atoms with van der Waals surface area (Å²) in [5.74, 6) is 0.00802. The SMILES string of the molecule is CN(CC(c1ccc(Cl)cc1)c1cccc(Cl)c1)N=O. The van der Waals surface area contributed by atoms with E-state index in [-0.39, 0.29) is 5.92 Å². The predicted octanol–water partition coefficient (Wildman–Crippen LogP) is 4.74. The minimum atomic E-state index is 0.00802. The highest BCUT2D eigenvalue weighted by Gasteiger charge is 2.17. The lowest BCUT2D eigenvalue weighted by molar-refractivity contribution is 0.337. The maximum atomic E-state index is 10.7. The highest BCUT2D eigenvalue weighted by molar-refractivity contribution is 6.30. The molecule has 0 saturated heterocycles. The molecule has 0 aliphatic carbocycles. The number of nitroso groups, excluding NO2 is 1. The van der Waals surface area contributed by atoms with Gasteiger partial charge in [0.05, 0.1) is 5.29 Å². The van der Waals surface area contributed by atoms with Crippen LogP contribution in [0.4, 0.5) is 0 Å². The summed E-state index contributed by atoms with van der Waals surface area (Å²) >= 11 is 12.0. The van der Waals surface area contributed by atoms with E-state index in [0.29, 0.717) is 16.6 Å². The second-order valence-corrected chi connectivity index (χ2v) is 5.45. The third-order valence-electron chi connectivity index (χ3n) is 3.11. The van der Waals surface area contributed by atoms with Gasteiger partial charge in [0.25, 0.3) is 0 Å². The first-order valence-corrected chi connectivity index (χ1v) is 6.91. The largest absolute Gasteiger partial charge is 0.263 e. The first-order chi connectivity index (χ1) is 9.60. The van der Waals surface area contributed by atoms with Gasteiger partial charge in [-0.3, -0.25) is 5.01 Å². The summed E-state index contributed by atoms with van der Waals surface area (Å²) in [6.07, 6.45) is 0. The van der Waals surface area contributed by atoms with Crippen LogP contribution in [-0.4, -0.2) is 18.6 Å². The van der Waals surface area contributed by atoms with Crippen molar-refractivity contribution in [2.24, 2.45) is 5.29 Å². The topological polar surface area (TPSA) is 32.7 Å². The van der Waals surface area contributed by atoms with Crippen molar-refractivity contribution in [3.63, 3.8) is 0 Å². The lowest BCUT2D eigenvalue weighted by Crippen LogP contribution is -2.20. The molecule has 2 aromatic rings. The molecule has 2 aromatic carbocycles. The minimum absolute atomic E-state index is 0.00802. The molecule has 1 atom stereocenters. The molecule has 0 radical (unpaired) electrons. The van der Waals surface area contributed by atoms with E-state index in [1.54, 1.807) is 7.05 Å². The van der Waals surface area contributed by atoms with Crippen molar-refractivity contribution >= 4 is 23.2 Å². The van der Waals surface area contributed by atoms with Crippen LogP contribution in [0.15, 0.2) is 53.8 Å². The summed E-state index contributed by atoms with van der Waals surface area (Å²) in [6.45, 7) is 0.478. The summed E-state index contributed by atoms with van der Waals surface area (Å²) in [4.78, 5) is 10.7. The molecule has 0 heterocycles. The summed E-state index contributed by atoms with van der Waals surface area (Å²) in [5.41, 5.74) is 2.10. The third-order valence-corrected chi connectivity index (χ3v) is 3.60. The van der Waals surface area contributed by atoms with Crippen molar-refractivity contribution in [3.8, 4) is 0 Å². The maximum absolute atomic E-state index is 10.7. The van der Waals surface area contributed by atoms with Gasteiger partial charge in [0.15, 0.2) is 0 Å². The Bertz CT molecular complexity index is 587. The lowest BCUT2D eigenvalue weighted by atomic mass is 9.91. The Morgan fingerprint density at radius 3 is 2.35 bits per heavy atom. The van der Waals surface area contributed by atoms with Gasteiger partial charge in [0, 0.05) is 29.6 Å². The third kappa shape index (κ3) is 3.71. The average Bonchev–Trinajstić information content (AvgIpc) is 2.45. The van der Waals surface area contributed by atoms with E-state index >= 15 is 0 Å². The standard InChI is InChI=1S/C15H14Cl2N2O/c1-19(18-20)10-15(11-5-7-13(16)8-6-11)12-3-2-4-14(17)9-12/h2-9,15H,10H2,1H3. The molecule has 20 heavy (non-hydrogen) atoms. The predicted molar refractivity (Wildman–Crippen MR) is 83.2 cm³/mol. The van der Waals surface area contributed by atoms with Crippen molar-refractivity contribution in [1.29, 1.82) is 0 Å². The van der Waals surface area contributed by atoms with Gasteiger partial charge < -0.3 is 0 Å². The van der Waals surface area contributed by atoms with Gasteiger partial charge >= 0.3 is 0 Å². The van der Waals surface area contributed by atoms with E-state index in [1.165, 1.54) is 5.01 Å². The summed E-state index contributed by atoms with van der Waals surface area (Å²) in [6, 6.07) is 15.2. The molecule has 0 spiro atoms. The van der Waals surface area contributed by atoms with Crippen LogP contribution in [0.5, 0.6) is 0 Å². The van der Waals surface area contributed by atoms with Crippen LogP contribution in [0.25, 0.3) is 0 Å². The minimum Gasteiger partial charge on any atom is -0.263 e. The summed E-state index contributed by atoms with van der Waals surface area (Å²) in [5, 5.41) is 5.67. The normalized spacial score (nSPS) is 11.9. The summed E-state index contributed by atoms with van der Waals surface area (Å²) < 4.78 is 0. The Labute approximate surface area is 128 Å². The maximum Gasteiger partial charge on any atom is 0.0521 e. The van der Waals surface area contributed by atoms with Crippen LogP contribution >= 0.6 is 23.2 Å². The average molecular weight is 309 g/mol. The van der Waals surface area contributed by atoms with Gasteiger partial charge in [0.1, 0.15) is 0 Å². The molecular weight excluding hydrogens is 295 g/mol. The molecule has 0 aromatic heterocycles. The van der Waals surface area contributed by atoms with Crippen molar-refractivity contribution in [3.05, 3.63) is 74.6 Å². The zero-order valence-corrected chi connectivity index (χ0v) is 12.5. The number of likely N-dealkylation sites (N-methyl/N-ethyl adjacent to an activating group) is 1. The fraction of sp³-hybridized carbons (Fsp3) is 0.200. The smallest absolute Gasteiger partial charge is 0.0521 e. The number of hydrogen-bond donors (Lipinski definition) is 0. The van der Waals surface area contributed by atoms with Crippen LogP contribution in [0.2, 0.25) is 10.0 Å². The first kappa shape index (κ1) is 14.8. The van der Waals surface area contributed by atoms with Gasteiger partial charge in [-0.15, -0.1) is 4.91 Å². The van der Waals surface area contributed by atoms with Crippen LogP contribution in [0.3, 0.4) is 0 Å². The number of hydrogen-bond acceptors (Lipinski definition) is 2. The van der Waals surface area contributed by atoms with E-state index < -0.39 is 0 Å². The Morgan fingerprint density at radius 2 is 1.75 bits per heavy atom. The molecule has 3 nitrogen and oxygen atoms in total. The number of benzene rings is 2. The fourth-order valence-corrected chi connectivity index (χ4v) is 2.44. The Morgan fingerprint density at radius 1 is 1.05 bits per heavy atom. The van der Waals surface area contributed by atoms with Crippen molar-refractivity contribution in [2.75, 3.05) is 13.6 Å². The van der Waals surface area contributed by atoms with Gasteiger partial charge in [0.2, 0.25) is 0 Å². The van der Waals surface area contributed by atoms with E-state index in [2.05, 4.69) is 5.29 Å². The van der Waals surface area contributed by atoms with Gasteiger partial charge in [-0.2, -0.15) is 0 Å². The van der Waals surface area contributed by atoms with Gasteiger partial charge in [-0.1, -0.05) is 47.5 Å². The molecule has 0 aliphatic rings. The van der Waals surface area contributed by atoms with Crippen LogP contribution in [0, 0.1) is 4.91 Å². The molecule has 0 fully saturated rings. The highest BCUT2D eigenvalue weighted by atomic mass is 35.5. The highest BCUT2D eigenvalue weighted by Crippen LogP contribution is 2.28. The fourth-order valence-electron chi connectivity index (χ4n) is 2.12. The Balaban J connectivity index is 2.38. The molecule has 5 heteroatoms. The Kier molecular flexibility index (Phi) is 4.99. The first-order valence-electron chi connectivity index (χ1n) is 6.15. The van der Waals surface area contributed by atoms with E-state index in [1.807, 2.05) is 48.5 Å². The molecule has 0 aliphatic heterocycles. The van der Waals surface area contributed by atoms with Crippen LogP contribution in [-0.2, 0) is 0 Å². The molecule has 104 valence electrons. The Hall–Kier alpha value is -1.58. The second-order valence-electron chi connectivity index (χ2n) is 4.58. The second kappa shape index (κ2) is 6.73. The van der Waals surface area contributed by atoms with Crippen molar-refractivity contribution in [2.45, 2.75) is 5.92 Å². The molecule has 1 unspecified atom stereocenters. The molecule has 2 rings (SSSR count). The number of nitrogens with zero attached hydrogens (tertiary/aromatic N) is 2. The number of halogens is 2. The molecular formula is C15H14Cl2N2O. The zero-order chi connectivity index (χ0) is 14.5. The molecule has 0 amide bonds. The van der Waals surface area contributed by atoms with Crippen LogP contribution in [0.1, 0.15) is 17.0 Å². The van der Waals surface area contributed by atoms with Crippen molar-refractivity contribution < 1.29 is 0 Å². The zero-order valence-electron chi connectivity index (χ0n) is 11.0. The van der Waals surface area contributed by atoms with Gasteiger partial charge in [-0.05, 0) is 35.4 Å². The van der Waals surface area contributed by atoms with Crippen molar-refractivity contribution in [1.82, 2.24) is 5.01 Å². The molecule has 0 bridgehead atoms. The van der Waals surface area contributed by atoms with E-state index in [4.69, 9.17) is 23.2 Å². The van der Waals surface area contributed by atoms with Gasteiger partial charge in [-0.25, -0.2) is 0 Å². The molecule has 0 saturated carbocycles. The van der Waals surface area contributed by atoms with E-state index in [0.717, 1.165) is 11.1 Å². The monoisotopic (exact) mass is 308 g/mol. The van der Waals surface area contributed by atoms with Crippen LogP contribution < -0.4 is 0 Å². The molecule has 0 N–H and O–H groups in total. The number of rotatable bonds is 5.